The summed E-state index contributed by atoms with van der Waals surface area (Å²) in [6.45, 7) is 13.5. The van der Waals surface area contributed by atoms with E-state index < -0.39 is 5.72 Å². The quantitative estimate of drug-likeness (QED) is 0.330. The average molecular weight is 334 g/mol. The number of nitrogens with two attached hydrogens (primary N) is 1. The number of nitrogens with zero attached hydrogens (tertiary/aromatic N) is 3. The summed E-state index contributed by atoms with van der Waals surface area (Å²) in [4.78, 5) is 0. The van der Waals surface area contributed by atoms with Gasteiger partial charge in [-0.3, -0.25) is 5.32 Å². The first kappa shape index (κ1) is 21.3. The summed E-state index contributed by atoms with van der Waals surface area (Å²) in [7, 11) is 0. The smallest absolute Gasteiger partial charge is 0.111 e. The Morgan fingerprint density at radius 3 is 2.45 bits per heavy atom. The third-order valence-corrected chi connectivity index (χ3v) is 3.09. The Morgan fingerprint density at radius 1 is 1.36 bits per heavy atom. The van der Waals surface area contributed by atoms with Crippen LogP contribution in [0.5, 0.6) is 0 Å². The minimum absolute atomic E-state index is 0.0820. The summed E-state index contributed by atoms with van der Waals surface area (Å²) >= 11 is 2.53. The third kappa shape index (κ3) is 8.70. The Labute approximate surface area is 139 Å². The van der Waals surface area contributed by atoms with Crippen molar-refractivity contribution in [3.05, 3.63) is 11.9 Å². The van der Waals surface area contributed by atoms with Crippen molar-refractivity contribution in [2.75, 3.05) is 6.61 Å². The van der Waals surface area contributed by atoms with E-state index in [0.717, 1.165) is 12.1 Å². The monoisotopic (exact) mass is 333 g/mol. The van der Waals surface area contributed by atoms with E-state index in [2.05, 4.69) is 56.2 Å². The van der Waals surface area contributed by atoms with Gasteiger partial charge < -0.3 is 15.0 Å². The lowest BCUT2D eigenvalue weighted by atomic mass is 9.86. The molecule has 8 heteroatoms. The lowest BCUT2D eigenvalue weighted by Gasteiger charge is -2.25. The van der Waals surface area contributed by atoms with E-state index in [0.29, 0.717) is 19.3 Å². The van der Waals surface area contributed by atoms with E-state index in [4.69, 9.17) is 15.0 Å². The molecule has 0 unspecified atom stereocenters. The van der Waals surface area contributed by atoms with Gasteiger partial charge in [0.1, 0.15) is 5.72 Å². The molecule has 0 atom stereocenters. The number of thiol groups is 1. The Hall–Kier alpha value is -0.670. The van der Waals surface area contributed by atoms with Crippen LogP contribution in [-0.4, -0.2) is 37.9 Å². The van der Waals surface area contributed by atoms with Crippen molar-refractivity contribution in [3.63, 3.8) is 0 Å². The minimum atomic E-state index is -0.588. The normalized spacial score (nSPS) is 12.3. The van der Waals surface area contributed by atoms with E-state index in [9.17, 15) is 0 Å². The molecule has 0 bridgehead atoms. The van der Waals surface area contributed by atoms with E-state index >= 15 is 0 Å². The molecule has 1 rings (SSSR count). The first-order valence-corrected chi connectivity index (χ1v) is 7.77. The second-order valence-electron chi connectivity index (χ2n) is 6.75. The number of nitrogens with one attached hydrogen (secondary N) is 1. The molecule has 1 heterocycles. The van der Waals surface area contributed by atoms with Crippen molar-refractivity contribution in [1.82, 2.24) is 20.3 Å². The molecule has 0 fully saturated rings. The summed E-state index contributed by atoms with van der Waals surface area (Å²) in [6, 6.07) is 0.427. The van der Waals surface area contributed by atoms with Crippen molar-refractivity contribution < 1.29 is 9.29 Å². The Bertz CT molecular complexity index is 416. The zero-order chi connectivity index (χ0) is 17.4. The number of rotatable bonds is 8. The van der Waals surface area contributed by atoms with Gasteiger partial charge in [-0.05, 0) is 47.0 Å². The van der Waals surface area contributed by atoms with E-state index in [1.165, 1.54) is 0 Å². The maximum Gasteiger partial charge on any atom is 0.111 e. The highest BCUT2D eigenvalue weighted by Gasteiger charge is 2.25. The molecule has 0 amide bonds. The van der Waals surface area contributed by atoms with Gasteiger partial charge in [0.15, 0.2) is 0 Å². The van der Waals surface area contributed by atoms with Gasteiger partial charge >= 0.3 is 0 Å². The highest BCUT2D eigenvalue weighted by molar-refractivity contribution is 7.74. The van der Waals surface area contributed by atoms with Crippen molar-refractivity contribution in [3.8, 4) is 0 Å². The van der Waals surface area contributed by atoms with Gasteiger partial charge in [0.25, 0.3) is 0 Å². The average Bonchev–Trinajstić information content (AvgIpc) is 2.86. The van der Waals surface area contributed by atoms with Crippen LogP contribution in [0.3, 0.4) is 0 Å². The minimum Gasteiger partial charge on any atom is -0.361 e. The van der Waals surface area contributed by atoms with E-state index in [1.807, 2.05) is 24.7 Å². The second-order valence-corrected chi connectivity index (χ2v) is 6.75. The number of ether oxygens (including phenoxy) is 1. The van der Waals surface area contributed by atoms with Gasteiger partial charge in [-0.1, -0.05) is 19.1 Å². The second kappa shape index (κ2) is 9.46. The SMILES string of the molecule is CC(C)NCn1cc(C(C)(C)CCOC(C)(C)N)nn1.OS. The molecule has 0 spiro atoms. The van der Waals surface area contributed by atoms with Gasteiger partial charge in [-0.15, -0.1) is 5.10 Å². The number of hydrogen-bond acceptors (Lipinski definition) is 7. The largest absolute Gasteiger partial charge is 0.361 e. The van der Waals surface area contributed by atoms with Crippen LogP contribution in [-0.2, 0) is 16.8 Å². The zero-order valence-corrected chi connectivity index (χ0v) is 15.4. The van der Waals surface area contributed by atoms with Gasteiger partial charge in [0.05, 0.1) is 18.6 Å². The van der Waals surface area contributed by atoms with Crippen LogP contribution in [0.25, 0.3) is 0 Å². The fourth-order valence-electron chi connectivity index (χ4n) is 1.66. The predicted molar refractivity (Wildman–Crippen MR) is 91.8 cm³/mol. The van der Waals surface area contributed by atoms with Crippen LogP contribution in [0.4, 0.5) is 0 Å². The first-order chi connectivity index (χ1) is 10.1. The fourth-order valence-corrected chi connectivity index (χ4v) is 1.66. The molecule has 0 aromatic carbocycles. The topological polar surface area (TPSA) is 98.2 Å². The lowest BCUT2D eigenvalue weighted by molar-refractivity contribution is -0.0193. The molecule has 0 aliphatic rings. The van der Waals surface area contributed by atoms with Crippen LogP contribution in [0.1, 0.15) is 53.7 Å². The fraction of sp³-hybridized carbons (Fsp3) is 0.857. The lowest BCUT2D eigenvalue weighted by Crippen LogP contribution is -2.36. The molecule has 0 saturated heterocycles. The molecule has 4 N–H and O–H groups in total. The van der Waals surface area contributed by atoms with Gasteiger partial charge in [0.2, 0.25) is 0 Å². The predicted octanol–water partition coefficient (Wildman–Crippen LogP) is 2.00. The van der Waals surface area contributed by atoms with Gasteiger partial charge in [-0.2, -0.15) is 0 Å². The number of aromatic nitrogens is 3. The molecule has 0 aliphatic heterocycles. The molecule has 0 radical (unpaired) electrons. The Morgan fingerprint density at radius 2 is 1.95 bits per heavy atom. The molecule has 7 nitrogen and oxygen atoms in total. The Balaban J connectivity index is 0.00000211. The van der Waals surface area contributed by atoms with Gasteiger partial charge in [-0.25, -0.2) is 4.68 Å². The van der Waals surface area contributed by atoms with Crippen molar-refractivity contribution in [2.45, 2.75) is 71.8 Å². The van der Waals surface area contributed by atoms with E-state index in [-0.39, 0.29) is 5.41 Å². The highest BCUT2D eigenvalue weighted by atomic mass is 32.1. The van der Waals surface area contributed by atoms with Crippen molar-refractivity contribution >= 4 is 12.9 Å². The molecular weight excluding hydrogens is 302 g/mol. The van der Waals surface area contributed by atoms with E-state index in [1.54, 1.807) is 0 Å². The summed E-state index contributed by atoms with van der Waals surface area (Å²) in [5, 5.41) is 11.7. The molecule has 0 saturated carbocycles. The number of hydrogen-bond donors (Lipinski definition) is 4. The zero-order valence-electron chi connectivity index (χ0n) is 14.5. The molecule has 22 heavy (non-hydrogen) atoms. The van der Waals surface area contributed by atoms with Crippen molar-refractivity contribution in [1.29, 1.82) is 0 Å². The van der Waals surface area contributed by atoms with Crippen molar-refractivity contribution in [2.24, 2.45) is 5.73 Å². The first-order valence-electron chi connectivity index (χ1n) is 7.37. The van der Waals surface area contributed by atoms with Gasteiger partial charge in [0, 0.05) is 18.1 Å². The standard InChI is InChI=1S/C14H29N5O.H2OS/c1-11(2)16-10-19-9-12(17-18-19)13(3,4)7-8-20-14(5,6)15;1-2/h9,11,16H,7-8,10,15H2,1-6H3;1-2H. The molecule has 1 aromatic heterocycles. The summed E-state index contributed by atoms with van der Waals surface area (Å²) in [5.74, 6) is 0. The summed E-state index contributed by atoms with van der Waals surface area (Å²) in [6.07, 6.45) is 2.84. The highest BCUT2D eigenvalue weighted by Crippen LogP contribution is 2.25. The molecule has 1 aromatic rings. The van der Waals surface area contributed by atoms with Crippen LogP contribution in [0, 0.1) is 0 Å². The van der Waals surface area contributed by atoms with Crippen LogP contribution >= 0.6 is 12.9 Å². The maximum atomic E-state index is 6.69. The summed E-state index contributed by atoms with van der Waals surface area (Å²) in [5.41, 5.74) is 6.12. The van der Waals surface area contributed by atoms with Crippen LogP contribution in [0.15, 0.2) is 6.20 Å². The third-order valence-electron chi connectivity index (χ3n) is 3.09. The van der Waals surface area contributed by atoms with Crippen LogP contribution in [0.2, 0.25) is 0 Å². The molecule has 130 valence electrons. The molecule has 0 aliphatic carbocycles. The maximum absolute atomic E-state index is 6.69. The molecular formula is C14H31N5O2S. The summed E-state index contributed by atoms with van der Waals surface area (Å²) < 4.78 is 14.1. The Kier molecular flexibility index (Phi) is 9.18. The van der Waals surface area contributed by atoms with Crippen LogP contribution < -0.4 is 11.1 Å².